The van der Waals surface area contributed by atoms with Crippen LogP contribution in [0.15, 0.2) is 11.5 Å². The standard InChI is InChI=1S/C6H16N2Si/c1-3-7-6(5-9)8-4-2/h5,7-8H,3-4H2,1-2,9H3. The van der Waals surface area contributed by atoms with Gasteiger partial charge in [0.2, 0.25) is 0 Å². The molecule has 0 aromatic rings. The number of hydrogen-bond acceptors (Lipinski definition) is 2. The lowest BCUT2D eigenvalue weighted by Crippen LogP contribution is -2.25. The van der Waals surface area contributed by atoms with Gasteiger partial charge >= 0.3 is 0 Å². The first-order valence-corrected chi connectivity index (χ1v) is 4.64. The van der Waals surface area contributed by atoms with Crippen molar-refractivity contribution in [1.82, 2.24) is 10.6 Å². The van der Waals surface area contributed by atoms with Crippen molar-refractivity contribution in [2.45, 2.75) is 13.8 Å². The van der Waals surface area contributed by atoms with Gasteiger partial charge in [0.1, 0.15) is 0 Å². The normalized spacial score (nSPS) is 8.67. The van der Waals surface area contributed by atoms with Crippen LogP contribution in [-0.2, 0) is 0 Å². The molecule has 3 heteroatoms. The summed E-state index contributed by atoms with van der Waals surface area (Å²) in [6.07, 6.45) is 0. The van der Waals surface area contributed by atoms with Crippen molar-refractivity contribution in [3.05, 3.63) is 11.5 Å². The zero-order valence-electron chi connectivity index (χ0n) is 6.49. The second kappa shape index (κ2) is 5.69. The molecule has 0 aromatic carbocycles. The van der Waals surface area contributed by atoms with E-state index in [0.717, 1.165) is 23.3 Å². The topological polar surface area (TPSA) is 24.1 Å². The van der Waals surface area contributed by atoms with Gasteiger partial charge in [0.25, 0.3) is 0 Å². The van der Waals surface area contributed by atoms with E-state index < -0.39 is 0 Å². The van der Waals surface area contributed by atoms with E-state index in [1.807, 2.05) is 0 Å². The average molecular weight is 144 g/mol. The molecule has 0 aromatic heterocycles. The molecule has 0 saturated heterocycles. The summed E-state index contributed by atoms with van der Waals surface area (Å²) >= 11 is 0. The van der Waals surface area contributed by atoms with Crippen molar-refractivity contribution in [2.24, 2.45) is 0 Å². The van der Waals surface area contributed by atoms with Crippen molar-refractivity contribution in [2.75, 3.05) is 13.1 Å². The molecule has 0 rings (SSSR count). The Balaban J connectivity index is 3.43. The monoisotopic (exact) mass is 144 g/mol. The van der Waals surface area contributed by atoms with Crippen LogP contribution in [0.5, 0.6) is 0 Å². The van der Waals surface area contributed by atoms with Gasteiger partial charge in [0.05, 0.1) is 5.82 Å². The van der Waals surface area contributed by atoms with Gasteiger partial charge in [-0.05, 0) is 13.8 Å². The van der Waals surface area contributed by atoms with E-state index in [1.165, 1.54) is 5.82 Å². The largest absolute Gasteiger partial charge is 0.373 e. The first-order valence-electron chi connectivity index (χ1n) is 3.49. The molecule has 2 nitrogen and oxygen atoms in total. The molecule has 0 fully saturated rings. The molecular weight excluding hydrogens is 128 g/mol. The zero-order chi connectivity index (χ0) is 7.11. The molecule has 0 atom stereocenters. The van der Waals surface area contributed by atoms with Gasteiger partial charge in [-0.2, -0.15) is 0 Å². The molecule has 9 heavy (non-hydrogen) atoms. The Hall–Kier alpha value is -0.443. The highest BCUT2D eigenvalue weighted by Crippen LogP contribution is 1.76. The fraction of sp³-hybridized carbons (Fsp3) is 0.667. The number of hydrogen-bond donors (Lipinski definition) is 2. The predicted octanol–water partition coefficient (Wildman–Crippen LogP) is -0.630. The van der Waals surface area contributed by atoms with E-state index in [0.29, 0.717) is 0 Å². The zero-order valence-corrected chi connectivity index (χ0v) is 8.49. The van der Waals surface area contributed by atoms with E-state index in [-0.39, 0.29) is 0 Å². The molecule has 0 aliphatic rings. The van der Waals surface area contributed by atoms with Crippen LogP contribution < -0.4 is 10.6 Å². The molecule has 0 bridgehead atoms. The summed E-state index contributed by atoms with van der Waals surface area (Å²) in [6.45, 7) is 6.20. The number of rotatable bonds is 4. The third-order valence-electron chi connectivity index (χ3n) is 1.02. The van der Waals surface area contributed by atoms with E-state index in [4.69, 9.17) is 0 Å². The lowest BCUT2D eigenvalue weighted by atomic mass is 10.6. The lowest BCUT2D eigenvalue weighted by molar-refractivity contribution is 0.723. The molecule has 0 spiro atoms. The first kappa shape index (κ1) is 8.56. The van der Waals surface area contributed by atoms with Gasteiger partial charge in [0, 0.05) is 23.3 Å². The quantitative estimate of drug-likeness (QED) is 0.513. The van der Waals surface area contributed by atoms with Gasteiger partial charge in [0.15, 0.2) is 0 Å². The summed E-state index contributed by atoms with van der Waals surface area (Å²) < 4.78 is 0. The summed E-state index contributed by atoms with van der Waals surface area (Å²) in [5.41, 5.74) is 2.17. The molecule has 0 heterocycles. The van der Waals surface area contributed by atoms with Crippen LogP contribution in [0.25, 0.3) is 0 Å². The molecule has 0 unspecified atom stereocenters. The minimum Gasteiger partial charge on any atom is -0.373 e. The minimum atomic E-state index is 1.00. The smallest absolute Gasteiger partial charge is 0.0895 e. The summed E-state index contributed by atoms with van der Waals surface area (Å²) in [5, 5.41) is 6.44. The highest BCUT2D eigenvalue weighted by atomic mass is 28.1. The summed E-state index contributed by atoms with van der Waals surface area (Å²) in [6, 6.07) is 0. The SMILES string of the molecule is CCNC(=C[SiH3])NCC. The van der Waals surface area contributed by atoms with Crippen molar-refractivity contribution in [3.63, 3.8) is 0 Å². The third kappa shape index (κ3) is 4.09. The molecule has 0 saturated carbocycles. The Morgan fingerprint density at radius 2 is 1.78 bits per heavy atom. The Morgan fingerprint density at radius 1 is 1.33 bits per heavy atom. The molecule has 0 aliphatic heterocycles. The van der Waals surface area contributed by atoms with Crippen LogP contribution in [0, 0.1) is 0 Å². The maximum absolute atomic E-state index is 3.22. The summed E-state index contributed by atoms with van der Waals surface area (Å²) in [7, 11) is 1.11. The summed E-state index contributed by atoms with van der Waals surface area (Å²) in [4.78, 5) is 0. The van der Waals surface area contributed by atoms with Gasteiger partial charge in [-0.3, -0.25) is 0 Å². The highest BCUT2D eigenvalue weighted by Gasteiger charge is 1.85. The second-order valence-electron chi connectivity index (χ2n) is 1.76. The maximum atomic E-state index is 3.22. The van der Waals surface area contributed by atoms with Gasteiger partial charge in [-0.1, -0.05) is 5.70 Å². The van der Waals surface area contributed by atoms with Crippen molar-refractivity contribution in [1.29, 1.82) is 0 Å². The fourth-order valence-electron chi connectivity index (χ4n) is 0.648. The molecule has 2 N–H and O–H groups in total. The van der Waals surface area contributed by atoms with Gasteiger partial charge < -0.3 is 10.6 Å². The molecule has 0 aliphatic carbocycles. The maximum Gasteiger partial charge on any atom is 0.0895 e. The minimum absolute atomic E-state index is 1.00. The van der Waals surface area contributed by atoms with E-state index in [1.54, 1.807) is 0 Å². The Bertz CT molecular complexity index is 83.1. The highest BCUT2D eigenvalue weighted by molar-refractivity contribution is 6.17. The van der Waals surface area contributed by atoms with Crippen LogP contribution in [0.4, 0.5) is 0 Å². The first-order chi connectivity index (χ1) is 4.35. The van der Waals surface area contributed by atoms with Crippen LogP contribution in [-0.4, -0.2) is 23.3 Å². The predicted molar refractivity (Wildman–Crippen MR) is 45.4 cm³/mol. The van der Waals surface area contributed by atoms with Crippen molar-refractivity contribution < 1.29 is 0 Å². The molecular formula is C6H16N2Si. The van der Waals surface area contributed by atoms with Crippen LogP contribution in [0.2, 0.25) is 0 Å². The number of nitrogens with one attached hydrogen (secondary N) is 2. The fourth-order valence-corrected chi connectivity index (χ4v) is 1.06. The van der Waals surface area contributed by atoms with E-state index in [2.05, 4.69) is 30.2 Å². The van der Waals surface area contributed by atoms with Crippen molar-refractivity contribution >= 4 is 10.2 Å². The molecule has 54 valence electrons. The second-order valence-corrected chi connectivity index (χ2v) is 2.34. The van der Waals surface area contributed by atoms with Gasteiger partial charge in [-0.25, -0.2) is 0 Å². The van der Waals surface area contributed by atoms with Gasteiger partial charge in [-0.15, -0.1) is 0 Å². The van der Waals surface area contributed by atoms with Crippen LogP contribution in [0.3, 0.4) is 0 Å². The van der Waals surface area contributed by atoms with E-state index >= 15 is 0 Å². The molecule has 0 radical (unpaired) electrons. The van der Waals surface area contributed by atoms with Crippen molar-refractivity contribution in [3.8, 4) is 0 Å². The molecule has 0 amide bonds. The Morgan fingerprint density at radius 3 is 2.00 bits per heavy atom. The average Bonchev–Trinajstić information content (AvgIpc) is 1.88. The Labute approximate surface area is 60.1 Å². The Kier molecular flexibility index (Phi) is 5.41. The third-order valence-corrected chi connectivity index (χ3v) is 1.60. The van der Waals surface area contributed by atoms with Crippen LogP contribution >= 0.6 is 0 Å². The lowest BCUT2D eigenvalue weighted by Gasteiger charge is -2.08. The van der Waals surface area contributed by atoms with Crippen LogP contribution in [0.1, 0.15) is 13.8 Å². The van der Waals surface area contributed by atoms with E-state index in [9.17, 15) is 0 Å². The summed E-state index contributed by atoms with van der Waals surface area (Å²) in [5.74, 6) is 1.19.